The minimum atomic E-state index is -0.106. The summed E-state index contributed by atoms with van der Waals surface area (Å²) in [7, 11) is 28.9. The Morgan fingerprint density at radius 3 is 0.500 bits per heavy atom. The van der Waals surface area contributed by atoms with E-state index in [1.165, 1.54) is 111 Å². The molecule has 0 spiro atoms. The topological polar surface area (TPSA) is 98.9 Å². The van der Waals surface area contributed by atoms with Crippen LogP contribution in [0.5, 0.6) is 0 Å². The number of benzene rings is 10. The van der Waals surface area contributed by atoms with Gasteiger partial charge in [0.25, 0.3) is 0 Å². The van der Waals surface area contributed by atoms with Gasteiger partial charge in [-0.05, 0) is 203 Å². The molecule has 0 unspecified atom stereocenters. The third-order valence-electron chi connectivity index (χ3n) is 23.9. The molecule has 0 amide bonds. The molecule has 0 heterocycles. The van der Waals surface area contributed by atoms with Gasteiger partial charge in [0.05, 0.1) is 68.3 Å². The molecule has 136 heavy (non-hydrogen) atoms. The Morgan fingerprint density at radius 2 is 0.353 bits per heavy atom. The van der Waals surface area contributed by atoms with Gasteiger partial charge in [-0.3, -0.25) is 30.0 Å². The van der Waals surface area contributed by atoms with Crippen molar-refractivity contribution in [3.05, 3.63) is 282 Å². The van der Waals surface area contributed by atoms with E-state index in [2.05, 4.69) is 444 Å². The molecule has 0 aromatic heterocycles. The first kappa shape index (κ1) is 123. The van der Waals surface area contributed by atoms with Crippen LogP contribution in [0.4, 0.5) is 45.5 Å². The molecule has 0 N–H and O–H groups in total. The molecule has 1 aliphatic carbocycles. The van der Waals surface area contributed by atoms with E-state index in [4.69, 9.17) is 97.1 Å². The maximum atomic E-state index is 5.55. The van der Waals surface area contributed by atoms with Crippen molar-refractivity contribution in [1.82, 2.24) is 0 Å². The molecule has 8 nitrogen and oxygen atoms in total. The summed E-state index contributed by atoms with van der Waals surface area (Å²) >= 11 is 6.48. The zero-order valence-electron chi connectivity index (χ0n) is 86.7. The average molecular weight is 2460 g/mol. The Kier molecular flexibility index (Phi) is 57.5. The van der Waals surface area contributed by atoms with Crippen molar-refractivity contribution >= 4 is 188 Å². The first-order valence-corrected chi connectivity index (χ1v) is 66.7. The van der Waals surface area contributed by atoms with E-state index in [1.54, 1.807) is 0 Å². The second-order valence-electron chi connectivity index (χ2n) is 39.1. The molecular formula is C116H152Br2Cl6N8Pd4. The second-order valence-corrected chi connectivity index (χ2v) is 53.3. The van der Waals surface area contributed by atoms with Gasteiger partial charge in [0.2, 0.25) is 0 Å². The predicted octanol–water partition coefficient (Wildman–Crippen LogP) is 42.0. The quantitative estimate of drug-likeness (QED) is 0.0362. The summed E-state index contributed by atoms with van der Waals surface area (Å²) in [5.74, 6) is 6.77. The molecular weight excluding hydrogens is 2300 g/mol. The Balaban J connectivity index is 0.000000366. The molecule has 752 valence electrons. The number of aliphatic imine (C=N–C) groups is 8. The zero-order chi connectivity index (χ0) is 102. The number of rotatable bonds is 27. The van der Waals surface area contributed by atoms with Gasteiger partial charge in [0, 0.05) is 41.4 Å². The Morgan fingerprint density at radius 1 is 0.221 bits per heavy atom. The van der Waals surface area contributed by atoms with Crippen molar-refractivity contribution in [2.24, 2.45) is 39.9 Å². The molecule has 0 fully saturated rings. The average Bonchev–Trinajstić information content (AvgIpc) is 1.58. The van der Waals surface area contributed by atoms with E-state index in [9.17, 15) is 0 Å². The van der Waals surface area contributed by atoms with Gasteiger partial charge in [-0.2, -0.15) is 0 Å². The van der Waals surface area contributed by atoms with Crippen LogP contribution in [0.1, 0.15) is 430 Å². The number of para-hydroxylation sites is 8. The van der Waals surface area contributed by atoms with Crippen LogP contribution in [0, 0.1) is 0 Å². The van der Waals surface area contributed by atoms with Crippen LogP contribution >= 0.6 is 84.0 Å². The van der Waals surface area contributed by atoms with Crippen molar-refractivity contribution in [2.75, 3.05) is 0 Å². The molecule has 10 aromatic carbocycles. The molecule has 0 saturated carbocycles. The maximum absolute atomic E-state index is 5.55. The van der Waals surface area contributed by atoms with Gasteiger partial charge in [-0.15, -0.1) is 0 Å². The normalized spacial score (nSPS) is 13.0. The molecule has 10 aromatic rings. The van der Waals surface area contributed by atoms with Gasteiger partial charge in [0.15, 0.2) is 0 Å². The summed E-state index contributed by atoms with van der Waals surface area (Å²) in [5, 5.41) is 2.49. The molecule has 0 saturated heterocycles. The fourth-order valence-corrected chi connectivity index (χ4v) is 16.6. The van der Waals surface area contributed by atoms with Gasteiger partial charge in [-0.1, -0.05) is 404 Å². The van der Waals surface area contributed by atoms with Gasteiger partial charge in [0.1, 0.15) is 0 Å². The van der Waals surface area contributed by atoms with Crippen LogP contribution in [0.25, 0.3) is 10.8 Å². The number of nitrogens with zero attached hydrogens (tertiary/aromatic N) is 8. The third kappa shape index (κ3) is 36.5. The summed E-state index contributed by atoms with van der Waals surface area (Å²) in [6, 6.07) is 65.7. The second kappa shape index (κ2) is 63.3. The van der Waals surface area contributed by atoms with Crippen LogP contribution in [0.15, 0.2) is 222 Å². The SMILES string of the molecule is CC(=Nc1c(C(C)C)cccc1C(C)C)C(C)=Nc1c(C(C)C)cccc1C(C)C.CC(C)c1cccc(C(C)C)c1N=C1C(=Nc2c(C(C)C)cccc2C(C)C)c2cccc3cccc1c23.CC(C)c1cccc(C(C)C)c1N=CC=Nc1c(C(C)C)cccc1C(C)C.CC(C)c1cccc(C(C)C)c1N=CC=Nc1c(C(C)C)cccc1C(C)C.[Br][Pd][Br].[Cl][Pd][Cl].[Cl][Pd][Cl].[Cl][Pd][Cl]. The van der Waals surface area contributed by atoms with Crippen LogP contribution in [0.3, 0.4) is 0 Å². The van der Waals surface area contributed by atoms with Crippen molar-refractivity contribution < 1.29 is 61.8 Å². The van der Waals surface area contributed by atoms with Crippen molar-refractivity contribution in [2.45, 2.75) is 330 Å². The summed E-state index contributed by atoms with van der Waals surface area (Å²) < 4.78 is 0. The minimum absolute atomic E-state index is 0.106. The summed E-state index contributed by atoms with van der Waals surface area (Å²) in [5.41, 5.74) is 35.9. The molecule has 0 atom stereocenters. The zero-order valence-corrected chi connectivity index (χ0v) is 101. The first-order chi connectivity index (χ1) is 64.4. The number of hydrogen-bond donors (Lipinski definition) is 0. The van der Waals surface area contributed by atoms with E-state index in [0.29, 0.717) is 109 Å². The molecule has 11 rings (SSSR count). The molecule has 0 aliphatic heterocycles. The van der Waals surface area contributed by atoms with Gasteiger partial charge in [-0.25, -0.2) is 9.98 Å². The predicted molar refractivity (Wildman–Crippen MR) is 604 cm³/mol. The van der Waals surface area contributed by atoms with E-state index in [-0.39, 0.29) is 47.8 Å². The molecule has 20 heteroatoms. The molecule has 0 bridgehead atoms. The molecule has 0 radical (unpaired) electrons. The van der Waals surface area contributed by atoms with E-state index in [0.717, 1.165) is 68.3 Å². The Labute approximate surface area is 892 Å². The van der Waals surface area contributed by atoms with Crippen LogP contribution in [-0.2, 0) is 61.8 Å². The van der Waals surface area contributed by atoms with E-state index >= 15 is 0 Å². The Bertz CT molecular complexity index is 4960. The fraction of sp³-hybridized carbons (Fsp3) is 0.431. The first-order valence-electron chi connectivity index (χ1n) is 47.6. The standard InChI is InChI=1S/C36H40N2.C28H40N2.2C26H36N2.2BrH.6ClH.4Pd/c1-21(2)26-15-11-16-27(22(3)4)33(26)37-35-30-19-9-13-25-14-10-20-31(32(25)30)36(35)38-34-28(23(5)6)17-12-18-29(34)24(7)8;1-17(2)23-13-11-14-24(18(3)4)27(23)29-21(9)22(10)30-28-25(19(5)6)15-12-16-26(28)20(7)8;2*1-17(2)21-11-9-12-22(18(3)4)25(21)27-15-16-28-26-23(19(5)6)13-10-14-24(26)20(7)8;;;;;;;;;;;;/h9-24H,1-8H3;11-20H,1-10H3;2*9-20H,1-8H3;8*1H;;;;/q;;;;;;;;;;;;4*+2/p-8. The van der Waals surface area contributed by atoms with Crippen molar-refractivity contribution in [1.29, 1.82) is 0 Å². The summed E-state index contributed by atoms with van der Waals surface area (Å²) in [6.07, 6.45) is 7.42. The third-order valence-corrected chi connectivity index (χ3v) is 23.9. The van der Waals surface area contributed by atoms with Crippen LogP contribution in [0.2, 0.25) is 0 Å². The Hall–Kier alpha value is -4.83. The molecule has 1 aliphatic rings. The summed E-state index contributed by atoms with van der Waals surface area (Å²) in [4.78, 5) is 40.7. The van der Waals surface area contributed by atoms with Crippen LogP contribution in [-0.4, -0.2) is 47.7 Å². The summed E-state index contributed by atoms with van der Waals surface area (Å²) in [6.45, 7) is 75.7. The van der Waals surface area contributed by atoms with Crippen LogP contribution < -0.4 is 0 Å². The van der Waals surface area contributed by atoms with E-state index < -0.39 is 0 Å². The number of halogens is 8. The van der Waals surface area contributed by atoms with Gasteiger partial charge < -0.3 is 0 Å². The van der Waals surface area contributed by atoms with Gasteiger partial charge >= 0.3 is 146 Å². The monoisotopic (exact) mass is 2450 g/mol. The fourth-order valence-electron chi connectivity index (χ4n) is 16.6. The van der Waals surface area contributed by atoms with Crippen molar-refractivity contribution in [3.8, 4) is 0 Å². The number of hydrogen-bond acceptors (Lipinski definition) is 8. The van der Waals surface area contributed by atoms with E-state index in [1.807, 2.05) is 24.9 Å². The van der Waals surface area contributed by atoms with Crippen molar-refractivity contribution in [3.63, 3.8) is 0 Å².